The summed E-state index contributed by atoms with van der Waals surface area (Å²) < 4.78 is 0. The van der Waals surface area contributed by atoms with Gasteiger partial charge in [-0.1, -0.05) is 18.2 Å². The van der Waals surface area contributed by atoms with Gasteiger partial charge in [0.05, 0.1) is 6.04 Å². The Hall–Kier alpha value is -5.19. The lowest BCUT2D eigenvalue weighted by atomic mass is 10.0. The molecule has 0 aliphatic heterocycles. The highest BCUT2D eigenvalue weighted by Crippen LogP contribution is 2.19. The van der Waals surface area contributed by atoms with Crippen LogP contribution in [-0.4, -0.2) is 87.4 Å². The van der Waals surface area contributed by atoms with E-state index >= 15 is 0 Å². The lowest BCUT2D eigenvalue weighted by Crippen LogP contribution is -2.57. The molecule has 0 radical (unpaired) electrons. The third-order valence-corrected chi connectivity index (χ3v) is 6.61. The molecule has 17 nitrogen and oxygen atoms in total. The molecule has 14 N–H and O–H groups in total. The fourth-order valence-corrected chi connectivity index (χ4v) is 4.28. The predicted molar refractivity (Wildman–Crippen MR) is 159 cm³/mol. The van der Waals surface area contributed by atoms with E-state index < -0.39 is 59.7 Å². The molecule has 4 atom stereocenters. The molecule has 17 heteroatoms. The number of aromatic nitrogens is 1. The van der Waals surface area contributed by atoms with Gasteiger partial charge in [-0.2, -0.15) is 0 Å². The van der Waals surface area contributed by atoms with Crippen LogP contribution in [0.15, 0.2) is 35.5 Å². The van der Waals surface area contributed by atoms with Crippen molar-refractivity contribution in [3.8, 4) is 0 Å². The van der Waals surface area contributed by atoms with E-state index in [1.807, 2.05) is 12.1 Å². The molecule has 0 aliphatic rings. The summed E-state index contributed by atoms with van der Waals surface area (Å²) in [4.78, 5) is 80.5. The lowest BCUT2D eigenvalue weighted by Gasteiger charge is -2.25. The zero-order chi connectivity index (χ0) is 32.8. The summed E-state index contributed by atoms with van der Waals surface area (Å²) in [5, 5.41) is 26.8. The Kier molecular flexibility index (Phi) is 13.6. The molecule has 4 amide bonds. The standard InChI is InChI=1S/C27H39N9O8/c28-16(7-10-22(38)39)23(40)34-18(6-3-11-32-27(30)31)24(41)35-19(8-9-21(29)37)25(42)36-20(26(43)44)12-14-13-33-17-5-2-1-4-15(14)17/h1-2,4-5,13,16,18-20,33H,3,6-12,28H2,(H2,29,37)(H,34,40)(H,35,41)(H,36,42)(H,38,39)(H,43,44)(H4,30,31,32). The Bertz CT molecular complexity index is 1370. The summed E-state index contributed by atoms with van der Waals surface area (Å²) in [5.74, 6) is -5.99. The first-order valence-electron chi connectivity index (χ1n) is 13.8. The van der Waals surface area contributed by atoms with Crippen LogP contribution in [0.3, 0.4) is 0 Å². The molecule has 4 unspecified atom stereocenters. The molecule has 2 rings (SSSR count). The number of nitrogens with zero attached hydrogens (tertiary/aromatic N) is 1. The smallest absolute Gasteiger partial charge is 0.326 e. The summed E-state index contributed by atoms with van der Waals surface area (Å²) in [6, 6.07) is 1.91. The van der Waals surface area contributed by atoms with Gasteiger partial charge in [0.2, 0.25) is 23.6 Å². The summed E-state index contributed by atoms with van der Waals surface area (Å²) in [6.07, 6.45) is 0.593. The quantitative estimate of drug-likeness (QED) is 0.0456. The number of para-hydroxylation sites is 1. The average Bonchev–Trinajstić information content (AvgIpc) is 3.37. The van der Waals surface area contributed by atoms with Gasteiger partial charge in [-0.25, -0.2) is 4.79 Å². The Morgan fingerprint density at radius 3 is 2.05 bits per heavy atom. The number of guanidine groups is 1. The third-order valence-electron chi connectivity index (χ3n) is 6.61. The maximum Gasteiger partial charge on any atom is 0.326 e. The third kappa shape index (κ3) is 11.6. The van der Waals surface area contributed by atoms with E-state index in [2.05, 4.69) is 25.9 Å². The van der Waals surface area contributed by atoms with Crippen molar-refractivity contribution in [1.82, 2.24) is 20.9 Å². The van der Waals surface area contributed by atoms with Crippen molar-refractivity contribution in [2.45, 2.75) is 69.1 Å². The van der Waals surface area contributed by atoms with Crippen molar-refractivity contribution in [1.29, 1.82) is 0 Å². The highest BCUT2D eigenvalue weighted by Gasteiger charge is 2.31. The number of primary amides is 1. The van der Waals surface area contributed by atoms with Crippen molar-refractivity contribution < 1.29 is 39.0 Å². The molecule has 2 aromatic rings. The molecule has 1 aromatic heterocycles. The van der Waals surface area contributed by atoms with Crippen LogP contribution < -0.4 is 38.9 Å². The van der Waals surface area contributed by atoms with E-state index in [-0.39, 0.29) is 57.5 Å². The maximum absolute atomic E-state index is 13.3. The Balaban J connectivity index is 2.21. The van der Waals surface area contributed by atoms with Gasteiger partial charge in [0.25, 0.3) is 0 Å². The fourth-order valence-electron chi connectivity index (χ4n) is 4.28. The number of carbonyl (C=O) groups is 6. The van der Waals surface area contributed by atoms with Gasteiger partial charge in [0.15, 0.2) is 5.96 Å². The number of nitrogens with one attached hydrogen (secondary N) is 4. The topological polar surface area (TPSA) is 311 Å². The van der Waals surface area contributed by atoms with Crippen molar-refractivity contribution in [2.24, 2.45) is 27.9 Å². The number of carbonyl (C=O) groups excluding carboxylic acids is 4. The van der Waals surface area contributed by atoms with Crippen LogP contribution in [0.4, 0.5) is 0 Å². The van der Waals surface area contributed by atoms with Crippen molar-refractivity contribution >= 4 is 52.4 Å². The van der Waals surface area contributed by atoms with Gasteiger partial charge in [0, 0.05) is 42.9 Å². The lowest BCUT2D eigenvalue weighted by molar-refractivity contribution is -0.142. The second-order valence-corrected chi connectivity index (χ2v) is 10.1. The first-order valence-corrected chi connectivity index (χ1v) is 13.8. The van der Waals surface area contributed by atoms with Gasteiger partial charge in [-0.05, 0) is 37.3 Å². The number of amides is 4. The molecular formula is C27H39N9O8. The fraction of sp³-hybridized carbons (Fsp3) is 0.444. The predicted octanol–water partition coefficient (Wildman–Crippen LogP) is -2.24. The number of H-pyrrole nitrogens is 1. The highest BCUT2D eigenvalue weighted by molar-refractivity contribution is 5.94. The van der Waals surface area contributed by atoms with Gasteiger partial charge < -0.3 is 54.1 Å². The Labute approximate surface area is 252 Å². The number of nitrogens with two attached hydrogens (primary N) is 4. The zero-order valence-electron chi connectivity index (χ0n) is 24.0. The molecule has 0 spiro atoms. The van der Waals surface area contributed by atoms with Gasteiger partial charge in [-0.3, -0.25) is 29.0 Å². The number of benzene rings is 1. The van der Waals surface area contributed by atoms with Crippen LogP contribution in [0, 0.1) is 0 Å². The summed E-state index contributed by atoms with van der Waals surface area (Å²) >= 11 is 0. The van der Waals surface area contributed by atoms with Gasteiger partial charge in [-0.15, -0.1) is 0 Å². The average molecular weight is 618 g/mol. The summed E-state index contributed by atoms with van der Waals surface area (Å²) in [7, 11) is 0. The largest absolute Gasteiger partial charge is 0.481 e. The number of carboxylic acid groups (broad SMARTS) is 2. The monoisotopic (exact) mass is 617 g/mol. The molecule has 0 fully saturated rings. The molecule has 44 heavy (non-hydrogen) atoms. The minimum Gasteiger partial charge on any atom is -0.481 e. The number of fused-ring (bicyclic) bond motifs is 1. The van der Waals surface area contributed by atoms with Crippen LogP contribution in [0.1, 0.15) is 44.1 Å². The molecule has 0 saturated heterocycles. The number of carboxylic acids is 2. The maximum atomic E-state index is 13.3. The molecular weight excluding hydrogens is 578 g/mol. The van der Waals surface area contributed by atoms with Gasteiger partial charge >= 0.3 is 11.9 Å². The Morgan fingerprint density at radius 1 is 0.818 bits per heavy atom. The second kappa shape index (κ2) is 17.1. The normalized spacial score (nSPS) is 13.6. The van der Waals surface area contributed by atoms with E-state index in [0.717, 1.165) is 10.9 Å². The van der Waals surface area contributed by atoms with E-state index in [0.29, 0.717) is 5.56 Å². The van der Waals surface area contributed by atoms with Crippen LogP contribution in [0.25, 0.3) is 10.9 Å². The number of hydrogen-bond acceptors (Lipinski definition) is 8. The second-order valence-electron chi connectivity index (χ2n) is 10.1. The molecule has 1 aromatic carbocycles. The van der Waals surface area contributed by atoms with E-state index in [1.165, 1.54) is 0 Å². The number of rotatable bonds is 19. The highest BCUT2D eigenvalue weighted by atomic mass is 16.4. The minimum atomic E-state index is -1.40. The van der Waals surface area contributed by atoms with Crippen LogP contribution in [0.2, 0.25) is 0 Å². The number of aliphatic imine (C=N–C) groups is 1. The molecule has 240 valence electrons. The molecule has 1 heterocycles. The molecule has 0 aliphatic carbocycles. The van der Waals surface area contributed by atoms with Crippen LogP contribution in [-0.2, 0) is 35.2 Å². The number of aliphatic carboxylic acids is 2. The first-order chi connectivity index (χ1) is 20.8. The van der Waals surface area contributed by atoms with Crippen LogP contribution in [0.5, 0.6) is 0 Å². The first kappa shape index (κ1) is 35.0. The number of aromatic amines is 1. The molecule has 0 bridgehead atoms. The summed E-state index contributed by atoms with van der Waals surface area (Å²) in [5.41, 5.74) is 23.1. The van der Waals surface area contributed by atoms with Gasteiger partial charge in [0.1, 0.15) is 18.1 Å². The SMILES string of the molecule is NC(=O)CCC(NC(=O)C(CCCN=C(N)N)NC(=O)C(N)CCC(=O)O)C(=O)NC(Cc1c[nH]c2ccccc12)C(=O)O. The van der Waals surface area contributed by atoms with E-state index in [9.17, 15) is 33.9 Å². The number of hydrogen-bond donors (Lipinski definition) is 10. The summed E-state index contributed by atoms with van der Waals surface area (Å²) in [6.45, 7) is 0.104. The van der Waals surface area contributed by atoms with Crippen molar-refractivity contribution in [3.05, 3.63) is 36.0 Å². The van der Waals surface area contributed by atoms with Crippen molar-refractivity contribution in [3.63, 3.8) is 0 Å². The van der Waals surface area contributed by atoms with Crippen LogP contribution >= 0.6 is 0 Å². The minimum absolute atomic E-state index is 0.0114. The van der Waals surface area contributed by atoms with E-state index in [1.54, 1.807) is 18.3 Å². The Morgan fingerprint density at radius 2 is 1.43 bits per heavy atom. The van der Waals surface area contributed by atoms with Crippen molar-refractivity contribution in [2.75, 3.05) is 6.54 Å². The molecule has 0 saturated carbocycles. The zero-order valence-corrected chi connectivity index (χ0v) is 24.0. The van der Waals surface area contributed by atoms with E-state index in [4.69, 9.17) is 28.0 Å².